The second-order valence-corrected chi connectivity index (χ2v) is 4.87. The van der Waals surface area contributed by atoms with E-state index in [4.69, 9.17) is 6.42 Å². The summed E-state index contributed by atoms with van der Waals surface area (Å²) in [6.45, 7) is 4.82. The van der Waals surface area contributed by atoms with E-state index in [-0.39, 0.29) is 0 Å². The first-order chi connectivity index (χ1) is 7.40. The van der Waals surface area contributed by atoms with Crippen LogP contribution in [0.2, 0.25) is 0 Å². The Kier molecular flexibility index (Phi) is 4.05. The van der Waals surface area contributed by atoms with Gasteiger partial charge in [-0.2, -0.15) is 0 Å². The first-order valence-electron chi connectivity index (χ1n) is 6.28. The van der Waals surface area contributed by atoms with Gasteiger partial charge in [-0.05, 0) is 44.7 Å². The van der Waals surface area contributed by atoms with Crippen molar-refractivity contribution in [1.29, 1.82) is 0 Å². The van der Waals surface area contributed by atoms with Crippen LogP contribution in [0.4, 0.5) is 0 Å². The van der Waals surface area contributed by atoms with Crippen LogP contribution in [-0.2, 0) is 0 Å². The van der Waals surface area contributed by atoms with Gasteiger partial charge in [0.05, 0.1) is 0 Å². The van der Waals surface area contributed by atoms with Crippen molar-refractivity contribution < 1.29 is 0 Å². The second kappa shape index (κ2) is 5.53. The van der Waals surface area contributed by atoms with Crippen molar-refractivity contribution >= 4 is 0 Å². The van der Waals surface area contributed by atoms with Crippen LogP contribution in [0.25, 0.3) is 0 Å². The summed E-state index contributed by atoms with van der Waals surface area (Å²) in [5, 5.41) is 3.43. The SMILES string of the molecule is C#CCCN(CC1CCNCC1)C1CC1. The number of piperidine rings is 1. The number of terminal acetylenes is 1. The van der Waals surface area contributed by atoms with Crippen molar-refractivity contribution in [1.82, 2.24) is 10.2 Å². The highest BCUT2D eigenvalue weighted by Crippen LogP contribution is 2.28. The minimum Gasteiger partial charge on any atom is -0.317 e. The molecule has 0 aromatic rings. The number of hydrogen-bond acceptors (Lipinski definition) is 2. The minimum atomic E-state index is 0.869. The maximum absolute atomic E-state index is 5.34. The number of hydrogen-bond donors (Lipinski definition) is 1. The van der Waals surface area contributed by atoms with Crippen LogP contribution >= 0.6 is 0 Å². The number of nitrogens with zero attached hydrogens (tertiary/aromatic N) is 1. The fourth-order valence-electron chi connectivity index (χ4n) is 2.47. The van der Waals surface area contributed by atoms with E-state index in [1.54, 1.807) is 0 Å². The minimum absolute atomic E-state index is 0.869. The molecule has 1 saturated carbocycles. The van der Waals surface area contributed by atoms with Crippen molar-refractivity contribution in [2.24, 2.45) is 5.92 Å². The molecule has 0 unspecified atom stereocenters. The molecule has 2 fully saturated rings. The average molecular weight is 206 g/mol. The molecular weight excluding hydrogens is 184 g/mol. The third-order valence-corrected chi connectivity index (χ3v) is 3.56. The Morgan fingerprint density at radius 2 is 1.93 bits per heavy atom. The molecule has 1 aliphatic carbocycles. The zero-order chi connectivity index (χ0) is 10.5. The Bertz CT molecular complexity index is 221. The van der Waals surface area contributed by atoms with Crippen molar-refractivity contribution in [2.75, 3.05) is 26.2 Å². The molecule has 1 heterocycles. The van der Waals surface area contributed by atoms with E-state index in [0.717, 1.165) is 24.9 Å². The third kappa shape index (κ3) is 3.52. The summed E-state index contributed by atoms with van der Waals surface area (Å²) in [4.78, 5) is 2.63. The highest BCUT2D eigenvalue weighted by Gasteiger charge is 2.30. The molecule has 1 saturated heterocycles. The molecule has 1 aliphatic heterocycles. The monoisotopic (exact) mass is 206 g/mol. The molecule has 15 heavy (non-hydrogen) atoms. The molecular formula is C13H22N2. The Morgan fingerprint density at radius 1 is 1.20 bits per heavy atom. The fraction of sp³-hybridized carbons (Fsp3) is 0.846. The van der Waals surface area contributed by atoms with E-state index >= 15 is 0 Å². The van der Waals surface area contributed by atoms with E-state index in [1.807, 2.05) is 0 Å². The molecule has 0 aromatic heterocycles. The van der Waals surface area contributed by atoms with Crippen LogP contribution in [0.5, 0.6) is 0 Å². The lowest BCUT2D eigenvalue weighted by Crippen LogP contribution is -2.37. The van der Waals surface area contributed by atoms with Gasteiger partial charge >= 0.3 is 0 Å². The molecule has 2 rings (SSSR count). The van der Waals surface area contributed by atoms with Crippen molar-refractivity contribution in [2.45, 2.75) is 38.1 Å². The summed E-state index contributed by atoms with van der Waals surface area (Å²) in [5.74, 6) is 3.67. The van der Waals surface area contributed by atoms with Gasteiger partial charge in [0.25, 0.3) is 0 Å². The molecule has 84 valence electrons. The summed E-state index contributed by atoms with van der Waals surface area (Å²) in [6, 6.07) is 0.869. The molecule has 2 heteroatoms. The quantitative estimate of drug-likeness (QED) is 0.685. The van der Waals surface area contributed by atoms with Gasteiger partial charge in [-0.1, -0.05) is 0 Å². The summed E-state index contributed by atoms with van der Waals surface area (Å²) in [6.07, 6.45) is 11.8. The van der Waals surface area contributed by atoms with E-state index < -0.39 is 0 Å². The molecule has 0 amide bonds. The van der Waals surface area contributed by atoms with Crippen molar-refractivity contribution in [3.05, 3.63) is 0 Å². The molecule has 0 spiro atoms. The molecule has 0 bridgehead atoms. The normalized spacial score (nSPS) is 22.9. The largest absolute Gasteiger partial charge is 0.317 e. The number of rotatable bonds is 5. The van der Waals surface area contributed by atoms with Crippen LogP contribution in [0.3, 0.4) is 0 Å². The van der Waals surface area contributed by atoms with Gasteiger partial charge in [-0.25, -0.2) is 0 Å². The molecule has 0 aromatic carbocycles. The van der Waals surface area contributed by atoms with Gasteiger partial charge in [0.1, 0.15) is 0 Å². The molecule has 0 atom stereocenters. The van der Waals surface area contributed by atoms with Gasteiger partial charge in [0, 0.05) is 25.6 Å². The predicted octanol–water partition coefficient (Wildman–Crippen LogP) is 1.47. The zero-order valence-electron chi connectivity index (χ0n) is 9.54. The Morgan fingerprint density at radius 3 is 2.53 bits per heavy atom. The maximum atomic E-state index is 5.34. The first kappa shape index (κ1) is 11.0. The van der Waals surface area contributed by atoms with Crippen molar-refractivity contribution in [3.63, 3.8) is 0 Å². The first-order valence-corrected chi connectivity index (χ1v) is 6.28. The Balaban J connectivity index is 1.74. The van der Waals surface area contributed by atoms with Gasteiger partial charge in [0.15, 0.2) is 0 Å². The van der Waals surface area contributed by atoms with E-state index in [9.17, 15) is 0 Å². The highest BCUT2D eigenvalue weighted by molar-refractivity contribution is 4.90. The predicted molar refractivity (Wildman–Crippen MR) is 63.6 cm³/mol. The van der Waals surface area contributed by atoms with Crippen LogP contribution in [0, 0.1) is 18.3 Å². The topological polar surface area (TPSA) is 15.3 Å². The van der Waals surface area contributed by atoms with Crippen LogP contribution in [0.1, 0.15) is 32.1 Å². The third-order valence-electron chi connectivity index (χ3n) is 3.56. The Labute approximate surface area is 93.4 Å². The van der Waals surface area contributed by atoms with Gasteiger partial charge in [0.2, 0.25) is 0 Å². The maximum Gasteiger partial charge on any atom is 0.0214 e. The lowest BCUT2D eigenvalue weighted by Gasteiger charge is -2.29. The smallest absolute Gasteiger partial charge is 0.0214 e. The van der Waals surface area contributed by atoms with Gasteiger partial charge < -0.3 is 5.32 Å². The summed E-state index contributed by atoms with van der Waals surface area (Å²) < 4.78 is 0. The highest BCUT2D eigenvalue weighted by atomic mass is 15.2. The summed E-state index contributed by atoms with van der Waals surface area (Å²) >= 11 is 0. The van der Waals surface area contributed by atoms with E-state index in [0.29, 0.717) is 0 Å². The van der Waals surface area contributed by atoms with Crippen LogP contribution in [0.15, 0.2) is 0 Å². The lowest BCUT2D eigenvalue weighted by molar-refractivity contribution is 0.201. The Hall–Kier alpha value is -0.520. The average Bonchev–Trinajstić information content (AvgIpc) is 3.09. The molecule has 0 radical (unpaired) electrons. The van der Waals surface area contributed by atoms with Crippen molar-refractivity contribution in [3.8, 4) is 12.3 Å². The second-order valence-electron chi connectivity index (χ2n) is 4.87. The van der Waals surface area contributed by atoms with Gasteiger partial charge in [-0.15, -0.1) is 12.3 Å². The van der Waals surface area contributed by atoms with Crippen LogP contribution in [-0.4, -0.2) is 37.1 Å². The fourth-order valence-corrected chi connectivity index (χ4v) is 2.47. The van der Waals surface area contributed by atoms with Crippen LogP contribution < -0.4 is 5.32 Å². The molecule has 1 N–H and O–H groups in total. The lowest BCUT2D eigenvalue weighted by atomic mass is 9.97. The number of nitrogens with one attached hydrogen (secondary N) is 1. The summed E-state index contributed by atoms with van der Waals surface area (Å²) in [7, 11) is 0. The van der Waals surface area contributed by atoms with E-state index in [1.165, 1.54) is 45.3 Å². The standard InChI is InChI=1S/C13H22N2/c1-2-3-10-15(13-4-5-13)11-12-6-8-14-9-7-12/h1,12-14H,3-11H2. The van der Waals surface area contributed by atoms with E-state index in [2.05, 4.69) is 16.1 Å². The summed E-state index contributed by atoms with van der Waals surface area (Å²) in [5.41, 5.74) is 0. The zero-order valence-corrected chi connectivity index (χ0v) is 9.54. The molecule has 2 nitrogen and oxygen atoms in total. The molecule has 2 aliphatic rings. The van der Waals surface area contributed by atoms with Gasteiger partial charge in [-0.3, -0.25) is 4.90 Å².